The molecule has 0 aliphatic heterocycles. The van der Waals surface area contributed by atoms with Crippen LogP contribution in [0, 0.1) is 0 Å². The molecule has 60 valence electrons. The monoisotopic (exact) mass is 188 g/mol. The van der Waals surface area contributed by atoms with Gasteiger partial charge in [0, 0.05) is 12.2 Å². The summed E-state index contributed by atoms with van der Waals surface area (Å²) < 4.78 is 0.805. The van der Waals surface area contributed by atoms with Crippen molar-refractivity contribution in [1.82, 2.24) is 0 Å². The summed E-state index contributed by atoms with van der Waals surface area (Å²) in [7, 11) is 0. The van der Waals surface area contributed by atoms with Crippen LogP contribution in [0.25, 0.3) is 6.08 Å². The molecule has 0 bridgehead atoms. The number of halogens is 1. The highest BCUT2D eigenvalue weighted by molar-refractivity contribution is 7.14. The van der Waals surface area contributed by atoms with Crippen molar-refractivity contribution in [3.8, 4) is 0 Å². The van der Waals surface area contributed by atoms with Gasteiger partial charge in [-0.15, -0.1) is 11.3 Å². The van der Waals surface area contributed by atoms with Gasteiger partial charge in [0.1, 0.15) is 4.34 Å². The van der Waals surface area contributed by atoms with E-state index in [-0.39, 0.29) is 6.61 Å². The van der Waals surface area contributed by atoms with Gasteiger partial charge in [-0.05, 0) is 17.9 Å². The van der Waals surface area contributed by atoms with Crippen LogP contribution in [0.1, 0.15) is 12.0 Å². The van der Waals surface area contributed by atoms with Gasteiger partial charge in [-0.3, -0.25) is 0 Å². The molecular formula is C8H9ClOS. The zero-order chi connectivity index (χ0) is 8.10. The van der Waals surface area contributed by atoms with E-state index < -0.39 is 0 Å². The first kappa shape index (κ1) is 8.78. The van der Waals surface area contributed by atoms with E-state index in [4.69, 9.17) is 16.7 Å². The summed E-state index contributed by atoms with van der Waals surface area (Å²) in [5.74, 6) is 0. The lowest BCUT2D eigenvalue weighted by molar-refractivity contribution is 0.303. The minimum atomic E-state index is 0.193. The van der Waals surface area contributed by atoms with Gasteiger partial charge in [-0.2, -0.15) is 0 Å². The summed E-state index contributed by atoms with van der Waals surface area (Å²) >= 11 is 7.34. The van der Waals surface area contributed by atoms with Crippen molar-refractivity contribution in [2.75, 3.05) is 6.61 Å². The van der Waals surface area contributed by atoms with Gasteiger partial charge in [-0.25, -0.2) is 0 Å². The average molecular weight is 189 g/mol. The molecule has 0 radical (unpaired) electrons. The van der Waals surface area contributed by atoms with E-state index >= 15 is 0 Å². The summed E-state index contributed by atoms with van der Waals surface area (Å²) in [6.45, 7) is 0.193. The molecular weight excluding hydrogens is 180 g/mol. The second-order valence-corrected chi connectivity index (χ2v) is 3.58. The molecule has 0 spiro atoms. The molecule has 0 saturated heterocycles. The van der Waals surface area contributed by atoms with Gasteiger partial charge in [0.15, 0.2) is 0 Å². The van der Waals surface area contributed by atoms with Crippen molar-refractivity contribution < 1.29 is 5.11 Å². The van der Waals surface area contributed by atoms with Gasteiger partial charge in [0.05, 0.1) is 0 Å². The molecule has 1 heterocycles. The van der Waals surface area contributed by atoms with E-state index in [1.807, 2.05) is 23.6 Å². The van der Waals surface area contributed by atoms with E-state index in [1.54, 1.807) is 0 Å². The molecule has 0 aromatic carbocycles. The van der Waals surface area contributed by atoms with Gasteiger partial charge in [0.2, 0.25) is 0 Å². The number of rotatable bonds is 3. The Hall–Kier alpha value is -0.310. The fraction of sp³-hybridized carbons (Fsp3) is 0.250. The van der Waals surface area contributed by atoms with Gasteiger partial charge >= 0.3 is 0 Å². The standard InChI is InChI=1S/C8H9ClOS/c9-8-7(4-6-11-8)3-1-2-5-10/h1,3-4,6,10H,2,5H2. The number of thiophene rings is 1. The summed E-state index contributed by atoms with van der Waals surface area (Å²) in [5.41, 5.74) is 1.03. The fourth-order valence-electron chi connectivity index (χ4n) is 0.707. The van der Waals surface area contributed by atoms with Crippen LogP contribution < -0.4 is 0 Å². The highest BCUT2D eigenvalue weighted by Gasteiger charge is 1.94. The fourth-order valence-corrected chi connectivity index (χ4v) is 1.59. The third-order valence-corrected chi connectivity index (χ3v) is 2.44. The molecule has 3 heteroatoms. The van der Waals surface area contributed by atoms with Crippen molar-refractivity contribution in [2.45, 2.75) is 6.42 Å². The second kappa shape index (κ2) is 4.54. The molecule has 1 rings (SSSR count). The topological polar surface area (TPSA) is 20.2 Å². The van der Waals surface area contributed by atoms with Gasteiger partial charge in [0.25, 0.3) is 0 Å². The van der Waals surface area contributed by atoms with Crippen molar-refractivity contribution in [3.05, 3.63) is 27.4 Å². The smallest absolute Gasteiger partial charge is 0.100 e. The first-order valence-corrected chi connectivity index (χ1v) is 4.60. The zero-order valence-corrected chi connectivity index (χ0v) is 7.53. The molecule has 1 aromatic heterocycles. The summed E-state index contributed by atoms with van der Waals surface area (Å²) in [5, 5.41) is 10.4. The first-order valence-electron chi connectivity index (χ1n) is 3.35. The van der Waals surface area contributed by atoms with Crippen LogP contribution in [0.4, 0.5) is 0 Å². The van der Waals surface area contributed by atoms with Gasteiger partial charge < -0.3 is 5.11 Å². The quantitative estimate of drug-likeness (QED) is 0.774. The van der Waals surface area contributed by atoms with Crippen LogP contribution in [0.2, 0.25) is 4.34 Å². The summed E-state index contributed by atoms with van der Waals surface area (Å²) in [6.07, 6.45) is 4.52. The SMILES string of the molecule is OCCC=Cc1ccsc1Cl. The zero-order valence-electron chi connectivity index (χ0n) is 5.96. The third-order valence-electron chi connectivity index (χ3n) is 1.24. The lowest BCUT2D eigenvalue weighted by Crippen LogP contribution is -1.74. The maximum Gasteiger partial charge on any atom is 0.100 e. The predicted octanol–water partition coefficient (Wildman–Crippen LogP) is 2.80. The molecule has 0 fully saturated rings. The Morgan fingerprint density at radius 2 is 2.45 bits per heavy atom. The number of aliphatic hydroxyl groups is 1. The Bertz CT molecular complexity index is 242. The van der Waals surface area contributed by atoms with E-state index in [2.05, 4.69) is 0 Å². The van der Waals surface area contributed by atoms with Crippen molar-refractivity contribution in [1.29, 1.82) is 0 Å². The maximum atomic E-state index is 8.48. The van der Waals surface area contributed by atoms with Crippen molar-refractivity contribution >= 4 is 29.0 Å². The van der Waals surface area contributed by atoms with Crippen LogP contribution in [0.15, 0.2) is 17.5 Å². The summed E-state index contributed by atoms with van der Waals surface area (Å²) in [6, 6.07) is 1.96. The molecule has 0 saturated carbocycles. The lowest BCUT2D eigenvalue weighted by Gasteiger charge is -1.86. The molecule has 1 aromatic rings. The van der Waals surface area contributed by atoms with Crippen LogP contribution in [0.5, 0.6) is 0 Å². The van der Waals surface area contributed by atoms with Crippen molar-refractivity contribution in [3.63, 3.8) is 0 Å². The van der Waals surface area contributed by atoms with E-state index in [1.165, 1.54) is 11.3 Å². The number of hydrogen-bond donors (Lipinski definition) is 1. The van der Waals surface area contributed by atoms with Crippen LogP contribution in [0.3, 0.4) is 0 Å². The van der Waals surface area contributed by atoms with E-state index in [9.17, 15) is 0 Å². The molecule has 1 N–H and O–H groups in total. The molecule has 0 aliphatic rings. The first-order chi connectivity index (χ1) is 5.34. The molecule has 0 atom stereocenters. The van der Waals surface area contributed by atoms with Crippen LogP contribution in [-0.4, -0.2) is 11.7 Å². The van der Waals surface area contributed by atoms with Crippen LogP contribution >= 0.6 is 22.9 Å². The van der Waals surface area contributed by atoms with Crippen LogP contribution in [-0.2, 0) is 0 Å². The average Bonchev–Trinajstić information content (AvgIpc) is 2.37. The number of hydrogen-bond acceptors (Lipinski definition) is 2. The molecule has 11 heavy (non-hydrogen) atoms. The largest absolute Gasteiger partial charge is 0.396 e. The Balaban J connectivity index is 2.56. The molecule has 1 nitrogen and oxygen atoms in total. The third kappa shape index (κ3) is 2.66. The Labute approximate surface area is 74.9 Å². The molecule has 0 unspecified atom stereocenters. The Kier molecular flexibility index (Phi) is 3.63. The highest BCUT2D eigenvalue weighted by Crippen LogP contribution is 2.23. The predicted molar refractivity (Wildman–Crippen MR) is 50.1 cm³/mol. The minimum absolute atomic E-state index is 0.193. The summed E-state index contributed by atoms with van der Waals surface area (Å²) in [4.78, 5) is 0. The molecule has 0 aliphatic carbocycles. The highest BCUT2D eigenvalue weighted by atomic mass is 35.5. The number of aliphatic hydroxyl groups excluding tert-OH is 1. The Morgan fingerprint density at radius 1 is 1.64 bits per heavy atom. The van der Waals surface area contributed by atoms with E-state index in [0.717, 1.165) is 9.90 Å². The minimum Gasteiger partial charge on any atom is -0.396 e. The maximum absolute atomic E-state index is 8.48. The Morgan fingerprint density at radius 3 is 3.00 bits per heavy atom. The second-order valence-electron chi connectivity index (χ2n) is 2.06. The van der Waals surface area contributed by atoms with Crippen molar-refractivity contribution in [2.24, 2.45) is 0 Å². The van der Waals surface area contributed by atoms with Gasteiger partial charge in [-0.1, -0.05) is 23.8 Å². The van der Waals surface area contributed by atoms with E-state index in [0.29, 0.717) is 6.42 Å². The lowest BCUT2D eigenvalue weighted by atomic mass is 10.3. The normalized spacial score (nSPS) is 11.1. The molecule has 0 amide bonds.